The van der Waals surface area contributed by atoms with Crippen LogP contribution in [-0.2, 0) is 19.1 Å². The van der Waals surface area contributed by atoms with E-state index in [2.05, 4.69) is 10.6 Å². The number of ether oxygens (including phenoxy) is 1. The summed E-state index contributed by atoms with van der Waals surface area (Å²) < 4.78 is 5.27. The average molecular weight is 549 g/mol. The third kappa shape index (κ3) is 7.72. The molecule has 0 radical (unpaired) electrons. The van der Waals surface area contributed by atoms with Crippen LogP contribution in [0.1, 0.15) is 51.3 Å². The second kappa shape index (κ2) is 12.5. The van der Waals surface area contributed by atoms with Crippen molar-refractivity contribution in [1.29, 1.82) is 0 Å². The highest BCUT2D eigenvalue weighted by molar-refractivity contribution is 6.01. The fourth-order valence-corrected chi connectivity index (χ4v) is 4.32. The number of likely N-dealkylation sites (N-methyl/N-ethyl adjacent to an activating group) is 1. The molecule has 0 aliphatic carbocycles. The molecule has 2 atom stereocenters. The van der Waals surface area contributed by atoms with Crippen LogP contribution in [0.15, 0.2) is 60.7 Å². The molecule has 0 aromatic heterocycles. The molecule has 5 N–H and O–H groups in total. The summed E-state index contributed by atoms with van der Waals surface area (Å²) in [5, 5.41) is 17.3. The van der Waals surface area contributed by atoms with Crippen molar-refractivity contribution in [1.82, 2.24) is 10.2 Å². The molecule has 3 aromatic rings. The summed E-state index contributed by atoms with van der Waals surface area (Å²) in [4.78, 5) is 53.3. The quantitative estimate of drug-likeness (QED) is 0.315. The number of carbonyl (C=O) groups is 4. The molecule has 0 fully saturated rings. The van der Waals surface area contributed by atoms with Crippen molar-refractivity contribution in [2.45, 2.75) is 58.7 Å². The zero-order chi connectivity index (χ0) is 29.6. The van der Waals surface area contributed by atoms with E-state index in [4.69, 9.17) is 10.5 Å². The molecule has 212 valence electrons. The molecule has 0 saturated carbocycles. The van der Waals surface area contributed by atoms with Gasteiger partial charge in [0, 0.05) is 12.2 Å². The molecule has 0 aliphatic heterocycles. The van der Waals surface area contributed by atoms with Gasteiger partial charge in [-0.05, 0) is 80.8 Å². The number of amides is 4. The van der Waals surface area contributed by atoms with Crippen molar-refractivity contribution >= 4 is 40.3 Å². The lowest BCUT2D eigenvalue weighted by atomic mass is 9.99. The number of nitrogens with one attached hydrogen (secondary N) is 2. The first-order valence-electron chi connectivity index (χ1n) is 13.0. The Morgan fingerprint density at radius 3 is 2.27 bits per heavy atom. The van der Waals surface area contributed by atoms with Crippen LogP contribution in [0.5, 0.6) is 5.75 Å². The van der Waals surface area contributed by atoms with Crippen molar-refractivity contribution < 1.29 is 29.0 Å². The largest absolute Gasteiger partial charge is 0.508 e. The monoisotopic (exact) mass is 548 g/mol. The highest BCUT2D eigenvalue weighted by atomic mass is 16.6. The van der Waals surface area contributed by atoms with Crippen molar-refractivity contribution in [2.75, 3.05) is 11.9 Å². The van der Waals surface area contributed by atoms with E-state index in [0.29, 0.717) is 16.8 Å². The Morgan fingerprint density at radius 2 is 1.68 bits per heavy atom. The summed E-state index contributed by atoms with van der Waals surface area (Å²) in [6.45, 7) is 8.40. The second-order valence-corrected chi connectivity index (χ2v) is 10.5. The Balaban J connectivity index is 2.00. The molecule has 0 bridgehead atoms. The number of rotatable bonds is 9. The molecular formula is C30H36N4O6. The Labute approximate surface area is 233 Å². The number of primary amides is 1. The molecule has 10 nitrogen and oxygen atoms in total. The highest BCUT2D eigenvalue weighted by Gasteiger charge is 2.36. The van der Waals surface area contributed by atoms with E-state index in [0.717, 1.165) is 10.8 Å². The predicted molar refractivity (Wildman–Crippen MR) is 153 cm³/mol. The van der Waals surface area contributed by atoms with Crippen LogP contribution in [0.2, 0.25) is 0 Å². The first kappa shape index (κ1) is 29.9. The summed E-state index contributed by atoms with van der Waals surface area (Å²) in [6.07, 6.45) is -1.40. The van der Waals surface area contributed by atoms with Crippen LogP contribution >= 0.6 is 0 Å². The van der Waals surface area contributed by atoms with Crippen LogP contribution < -0.4 is 16.4 Å². The Morgan fingerprint density at radius 1 is 1.00 bits per heavy atom. The number of carbonyl (C=O) groups excluding carboxylic acids is 4. The number of benzene rings is 3. The predicted octanol–water partition coefficient (Wildman–Crippen LogP) is 4.15. The lowest BCUT2D eigenvalue weighted by molar-refractivity contribution is -0.141. The molecule has 40 heavy (non-hydrogen) atoms. The van der Waals surface area contributed by atoms with E-state index in [1.807, 2.05) is 36.4 Å². The van der Waals surface area contributed by atoms with E-state index in [1.165, 1.54) is 11.0 Å². The topological polar surface area (TPSA) is 151 Å². The summed E-state index contributed by atoms with van der Waals surface area (Å²) in [5.74, 6) is -2.00. The van der Waals surface area contributed by atoms with Crippen molar-refractivity contribution in [3.63, 3.8) is 0 Å². The molecule has 0 spiro atoms. The van der Waals surface area contributed by atoms with Gasteiger partial charge in [-0.3, -0.25) is 14.4 Å². The molecule has 10 heteroatoms. The van der Waals surface area contributed by atoms with Gasteiger partial charge < -0.3 is 31.1 Å². The number of nitrogens with two attached hydrogens (primary N) is 1. The van der Waals surface area contributed by atoms with Gasteiger partial charge in [0.05, 0.1) is 6.42 Å². The molecule has 3 aromatic carbocycles. The van der Waals surface area contributed by atoms with Gasteiger partial charge in [-0.1, -0.05) is 36.4 Å². The maximum absolute atomic E-state index is 13.8. The Hall–Kier alpha value is -4.60. The van der Waals surface area contributed by atoms with Gasteiger partial charge in [-0.25, -0.2) is 4.79 Å². The zero-order valence-corrected chi connectivity index (χ0v) is 23.4. The van der Waals surface area contributed by atoms with Crippen LogP contribution in [-0.4, -0.2) is 52.0 Å². The minimum Gasteiger partial charge on any atom is -0.508 e. The second-order valence-electron chi connectivity index (χ2n) is 10.5. The number of phenolic OH excluding ortho intramolecular Hbond substituents is 1. The fourth-order valence-electron chi connectivity index (χ4n) is 4.32. The summed E-state index contributed by atoms with van der Waals surface area (Å²) in [7, 11) is 0. The zero-order valence-electron chi connectivity index (χ0n) is 23.4. The molecule has 2 unspecified atom stereocenters. The molecule has 4 amide bonds. The first-order valence-corrected chi connectivity index (χ1v) is 13.0. The van der Waals surface area contributed by atoms with Gasteiger partial charge in [-0.2, -0.15) is 0 Å². The van der Waals surface area contributed by atoms with Gasteiger partial charge in [0.25, 0.3) is 5.91 Å². The van der Waals surface area contributed by atoms with Gasteiger partial charge in [0.1, 0.15) is 23.4 Å². The maximum Gasteiger partial charge on any atom is 0.408 e. The van der Waals surface area contributed by atoms with Gasteiger partial charge in [0.15, 0.2) is 0 Å². The van der Waals surface area contributed by atoms with Crippen LogP contribution in [0.3, 0.4) is 0 Å². The van der Waals surface area contributed by atoms with Gasteiger partial charge in [0.2, 0.25) is 11.8 Å². The fraction of sp³-hybridized carbons (Fsp3) is 0.333. The van der Waals surface area contributed by atoms with E-state index in [9.17, 15) is 24.3 Å². The SMILES string of the molecule is CCN(C(=O)C(CC(N)=O)NC(=O)OC(C)(C)C)C(C(=O)Nc1ccc2ccccc2c1)c1ccc(O)c(C)c1. The van der Waals surface area contributed by atoms with E-state index in [1.54, 1.807) is 52.8 Å². The summed E-state index contributed by atoms with van der Waals surface area (Å²) >= 11 is 0. The number of aromatic hydroxyl groups is 1. The molecular weight excluding hydrogens is 512 g/mol. The number of aryl methyl sites for hydroxylation is 1. The number of alkyl carbamates (subject to hydrolysis) is 1. The minimum atomic E-state index is -1.37. The Bertz CT molecular complexity index is 1410. The van der Waals surface area contributed by atoms with Crippen LogP contribution in [0, 0.1) is 6.92 Å². The Kier molecular flexibility index (Phi) is 9.36. The average Bonchev–Trinajstić information content (AvgIpc) is 2.86. The van der Waals surface area contributed by atoms with E-state index in [-0.39, 0.29) is 12.3 Å². The number of hydrogen-bond donors (Lipinski definition) is 4. The number of hydrogen-bond acceptors (Lipinski definition) is 6. The summed E-state index contributed by atoms with van der Waals surface area (Å²) in [5.41, 5.74) is 6.01. The molecule has 0 saturated heterocycles. The molecule has 0 aliphatic rings. The van der Waals surface area contributed by atoms with E-state index < -0.39 is 47.9 Å². The third-order valence-electron chi connectivity index (χ3n) is 6.13. The molecule has 3 rings (SSSR count). The van der Waals surface area contributed by atoms with Crippen molar-refractivity contribution in [3.05, 3.63) is 71.8 Å². The van der Waals surface area contributed by atoms with Crippen molar-refractivity contribution in [3.8, 4) is 5.75 Å². The lowest BCUT2D eigenvalue weighted by Crippen LogP contribution is -2.53. The highest BCUT2D eigenvalue weighted by Crippen LogP contribution is 2.29. The number of nitrogens with zero attached hydrogens (tertiary/aromatic N) is 1. The van der Waals surface area contributed by atoms with Crippen molar-refractivity contribution in [2.24, 2.45) is 5.73 Å². The molecule has 0 heterocycles. The standard InChI is InChI=1S/C30H36N4O6/c1-6-34(28(38)23(17-25(31)36)33-29(39)40-30(3,4)5)26(21-12-14-24(35)18(2)15-21)27(37)32-22-13-11-19-9-7-8-10-20(19)16-22/h7-16,23,26,35H,6,17H2,1-5H3,(H2,31,36)(H,32,37)(H,33,39). The number of fused-ring (bicyclic) bond motifs is 1. The minimum absolute atomic E-state index is 0.0324. The number of anilines is 1. The van der Waals surface area contributed by atoms with Gasteiger partial charge in [-0.15, -0.1) is 0 Å². The third-order valence-corrected chi connectivity index (χ3v) is 6.13. The van der Waals surface area contributed by atoms with Crippen LogP contribution in [0.25, 0.3) is 10.8 Å². The first-order chi connectivity index (χ1) is 18.8. The lowest BCUT2D eigenvalue weighted by Gasteiger charge is -2.33. The maximum atomic E-state index is 13.8. The normalized spacial score (nSPS) is 12.7. The van der Waals surface area contributed by atoms with Crippen LogP contribution in [0.4, 0.5) is 10.5 Å². The van der Waals surface area contributed by atoms with E-state index >= 15 is 0 Å². The smallest absolute Gasteiger partial charge is 0.408 e. The van der Waals surface area contributed by atoms with Gasteiger partial charge >= 0.3 is 6.09 Å². The number of phenols is 1. The summed E-state index contributed by atoms with van der Waals surface area (Å²) in [6, 6.07) is 15.2.